The number of para-hydroxylation sites is 1. The fourth-order valence-electron chi connectivity index (χ4n) is 2.61. The van der Waals surface area contributed by atoms with Crippen LogP contribution in [0.2, 0.25) is 0 Å². The Bertz CT molecular complexity index is 883. The van der Waals surface area contributed by atoms with Gasteiger partial charge in [0.2, 0.25) is 0 Å². The van der Waals surface area contributed by atoms with Crippen LogP contribution >= 0.6 is 0 Å². The second-order valence-electron chi connectivity index (χ2n) is 4.71. The zero-order chi connectivity index (χ0) is 12.8. The van der Waals surface area contributed by atoms with Crippen molar-refractivity contribution in [2.75, 3.05) is 0 Å². The Hall–Kier alpha value is -2.55. The maximum absolute atomic E-state index is 4.75. The summed E-state index contributed by atoms with van der Waals surface area (Å²) >= 11 is 0. The molecule has 0 bridgehead atoms. The summed E-state index contributed by atoms with van der Waals surface area (Å²) in [7, 11) is 0. The molecule has 0 aliphatic carbocycles. The lowest BCUT2D eigenvalue weighted by molar-refractivity contribution is -0.510. The molecule has 0 unspecified atom stereocenters. The largest absolute Gasteiger partial charge is 0.435 e. The first-order valence-electron chi connectivity index (χ1n) is 6.34. The third kappa shape index (κ3) is 1.41. The minimum Gasteiger partial charge on any atom is -0.435 e. The van der Waals surface area contributed by atoms with Crippen LogP contribution in [0, 0.1) is 6.92 Å². The molecule has 1 aromatic carbocycles. The molecule has 0 aliphatic heterocycles. The molecule has 4 rings (SSSR count). The Morgan fingerprint density at radius 2 is 1.84 bits per heavy atom. The Labute approximate surface area is 110 Å². The number of hydrogen-bond acceptors (Lipinski definition) is 0. The van der Waals surface area contributed by atoms with Crippen molar-refractivity contribution in [3.05, 3.63) is 66.6 Å². The van der Waals surface area contributed by atoms with Crippen molar-refractivity contribution in [1.29, 1.82) is 0 Å². The van der Waals surface area contributed by atoms with E-state index in [2.05, 4.69) is 46.4 Å². The highest BCUT2D eigenvalue weighted by atomic mass is 15.1. The average Bonchev–Trinajstić information content (AvgIpc) is 3.01. The van der Waals surface area contributed by atoms with Crippen LogP contribution in [-0.4, -0.2) is 4.57 Å². The monoisotopic (exact) mass is 247 g/mol. The minimum absolute atomic E-state index is 1.01. The number of fused-ring (bicyclic) bond motifs is 2. The molecule has 0 saturated carbocycles. The van der Waals surface area contributed by atoms with E-state index in [9.17, 15) is 0 Å². The molecule has 3 heteroatoms. The molecule has 0 aliphatic rings. The first kappa shape index (κ1) is 10.4. The Kier molecular flexibility index (Phi) is 2.03. The summed E-state index contributed by atoms with van der Waals surface area (Å²) < 4.78 is 4.23. The van der Waals surface area contributed by atoms with Crippen molar-refractivity contribution in [3.8, 4) is 5.82 Å². The van der Waals surface area contributed by atoms with Gasteiger partial charge in [0.15, 0.2) is 0 Å². The van der Waals surface area contributed by atoms with Crippen molar-refractivity contribution in [2.45, 2.75) is 6.92 Å². The number of hydrogen-bond donors (Lipinski definition) is 0. The molecule has 0 atom stereocenters. The molecule has 0 radical (unpaired) electrons. The molecule has 0 saturated heterocycles. The van der Waals surface area contributed by atoms with Crippen LogP contribution in [0.5, 0.6) is 0 Å². The van der Waals surface area contributed by atoms with Crippen LogP contribution < -0.4 is 9.38 Å². The van der Waals surface area contributed by atoms with Gasteiger partial charge in [-0.25, -0.2) is 4.40 Å². The molecule has 3 nitrogen and oxygen atoms in total. The van der Waals surface area contributed by atoms with Crippen LogP contribution in [0.3, 0.4) is 0 Å². The number of aryl methyl sites for hydroxylation is 1. The van der Waals surface area contributed by atoms with E-state index in [0.717, 1.165) is 17.0 Å². The summed E-state index contributed by atoms with van der Waals surface area (Å²) in [5.74, 6) is 1.01. The molecular formula is C16H13N3. The van der Waals surface area contributed by atoms with Gasteiger partial charge in [-0.3, -0.25) is 0 Å². The molecule has 19 heavy (non-hydrogen) atoms. The van der Waals surface area contributed by atoms with Gasteiger partial charge in [-0.2, -0.15) is 0 Å². The molecule has 3 heterocycles. The normalized spacial score (nSPS) is 11.4. The minimum atomic E-state index is 1.01. The number of rotatable bonds is 1. The number of benzene rings is 1. The maximum atomic E-state index is 4.75. The van der Waals surface area contributed by atoms with Crippen LogP contribution in [0.1, 0.15) is 5.56 Å². The third-order valence-corrected chi connectivity index (χ3v) is 3.59. The predicted octanol–water partition coefficient (Wildman–Crippen LogP) is 2.63. The van der Waals surface area contributed by atoms with Gasteiger partial charge in [-0.05, 0) is 47.5 Å². The van der Waals surface area contributed by atoms with Gasteiger partial charge in [-0.15, -0.1) is 0 Å². The van der Waals surface area contributed by atoms with Crippen LogP contribution in [0.4, 0.5) is 0 Å². The summed E-state index contributed by atoms with van der Waals surface area (Å²) in [4.78, 5) is 4.75. The van der Waals surface area contributed by atoms with Gasteiger partial charge in [-0.1, -0.05) is 30.3 Å². The van der Waals surface area contributed by atoms with Crippen molar-refractivity contribution >= 4 is 16.6 Å². The SMILES string of the molecule is Cc1c(-n2cc[n+]3ccccc23)[n-]c2ccccc12. The fourth-order valence-corrected chi connectivity index (χ4v) is 2.61. The number of aromatic nitrogens is 3. The Morgan fingerprint density at radius 3 is 2.74 bits per heavy atom. The Balaban J connectivity index is 2.07. The first-order valence-corrected chi connectivity index (χ1v) is 6.34. The topological polar surface area (TPSA) is 23.1 Å². The van der Waals surface area contributed by atoms with Crippen LogP contribution in [0.25, 0.3) is 22.4 Å². The molecular weight excluding hydrogens is 234 g/mol. The number of nitrogens with zero attached hydrogens (tertiary/aromatic N) is 3. The van der Waals surface area contributed by atoms with E-state index in [0.29, 0.717) is 0 Å². The summed E-state index contributed by atoms with van der Waals surface area (Å²) in [6.45, 7) is 2.13. The lowest BCUT2D eigenvalue weighted by atomic mass is 10.2. The zero-order valence-electron chi connectivity index (χ0n) is 10.6. The molecule has 4 aromatic rings. The highest BCUT2D eigenvalue weighted by Gasteiger charge is 2.04. The van der Waals surface area contributed by atoms with Gasteiger partial charge < -0.3 is 9.55 Å². The highest BCUT2D eigenvalue weighted by molar-refractivity contribution is 5.86. The lowest BCUT2D eigenvalue weighted by Gasteiger charge is -2.11. The summed E-state index contributed by atoms with van der Waals surface area (Å²) in [6.07, 6.45) is 6.15. The molecule has 0 spiro atoms. The van der Waals surface area contributed by atoms with Crippen LogP contribution in [0.15, 0.2) is 61.1 Å². The summed E-state index contributed by atoms with van der Waals surface area (Å²) in [5, 5.41) is 1.22. The van der Waals surface area contributed by atoms with E-state index in [1.54, 1.807) is 0 Å². The molecule has 0 N–H and O–H groups in total. The van der Waals surface area contributed by atoms with E-state index < -0.39 is 0 Å². The van der Waals surface area contributed by atoms with E-state index >= 15 is 0 Å². The Morgan fingerprint density at radius 1 is 1.00 bits per heavy atom. The van der Waals surface area contributed by atoms with Gasteiger partial charge in [0, 0.05) is 0 Å². The van der Waals surface area contributed by atoms with Gasteiger partial charge in [0.1, 0.15) is 5.65 Å². The van der Waals surface area contributed by atoms with Gasteiger partial charge >= 0.3 is 0 Å². The molecule has 92 valence electrons. The second-order valence-corrected chi connectivity index (χ2v) is 4.71. The van der Waals surface area contributed by atoms with E-state index in [-0.39, 0.29) is 0 Å². The van der Waals surface area contributed by atoms with Crippen molar-refractivity contribution in [2.24, 2.45) is 0 Å². The fraction of sp³-hybridized carbons (Fsp3) is 0.0625. The zero-order valence-corrected chi connectivity index (χ0v) is 10.6. The molecule has 0 amide bonds. The summed E-state index contributed by atoms with van der Waals surface area (Å²) in [5.41, 5.74) is 3.39. The maximum Gasteiger partial charge on any atom is 0.123 e. The summed E-state index contributed by atoms with van der Waals surface area (Å²) in [6, 6.07) is 14.4. The van der Waals surface area contributed by atoms with E-state index in [4.69, 9.17) is 4.98 Å². The number of imidazole rings is 1. The molecule has 3 aromatic heterocycles. The van der Waals surface area contributed by atoms with E-state index in [1.165, 1.54) is 10.9 Å². The van der Waals surface area contributed by atoms with Crippen molar-refractivity contribution in [3.63, 3.8) is 0 Å². The average molecular weight is 247 g/mol. The standard InChI is InChI=1S/C16H13N3/c1-12-13-6-2-3-7-14(13)17-16(12)19-11-10-18-9-5-4-8-15(18)19/h2-11H,1H3. The lowest BCUT2D eigenvalue weighted by Crippen LogP contribution is -2.17. The first-order chi connectivity index (χ1) is 9.34. The molecule has 0 fully saturated rings. The number of pyridine rings is 1. The predicted molar refractivity (Wildman–Crippen MR) is 74.5 cm³/mol. The van der Waals surface area contributed by atoms with Crippen molar-refractivity contribution < 1.29 is 4.40 Å². The third-order valence-electron chi connectivity index (χ3n) is 3.59. The smallest absolute Gasteiger partial charge is 0.123 e. The second kappa shape index (κ2) is 3.72. The highest BCUT2D eigenvalue weighted by Crippen LogP contribution is 2.23. The quantitative estimate of drug-likeness (QED) is 0.474. The van der Waals surface area contributed by atoms with E-state index in [1.807, 2.05) is 30.6 Å². The van der Waals surface area contributed by atoms with Gasteiger partial charge in [0.25, 0.3) is 0 Å². The van der Waals surface area contributed by atoms with Crippen molar-refractivity contribution in [1.82, 2.24) is 9.55 Å². The van der Waals surface area contributed by atoms with Gasteiger partial charge in [0.05, 0.1) is 12.4 Å². The van der Waals surface area contributed by atoms with Crippen LogP contribution in [-0.2, 0) is 0 Å².